The molecule has 0 radical (unpaired) electrons. The highest BCUT2D eigenvalue weighted by Gasteiger charge is 2.25. The molecule has 2 rings (SSSR count). The van der Waals surface area contributed by atoms with E-state index in [1.165, 1.54) is 0 Å². The lowest BCUT2D eigenvalue weighted by molar-refractivity contribution is -0.126. The first-order valence-corrected chi connectivity index (χ1v) is 7.27. The lowest BCUT2D eigenvalue weighted by atomic mass is 10.1. The van der Waals surface area contributed by atoms with E-state index in [1.54, 1.807) is 7.11 Å². The molecule has 0 bridgehead atoms. The zero-order valence-corrected chi connectivity index (χ0v) is 12.7. The van der Waals surface area contributed by atoms with Gasteiger partial charge in [-0.25, -0.2) is 0 Å². The SMILES string of the molecule is COCC(C)C(=O)NC1CCN(c2ccc(Cl)cc2)C1. The van der Waals surface area contributed by atoms with Crippen molar-refractivity contribution < 1.29 is 9.53 Å². The summed E-state index contributed by atoms with van der Waals surface area (Å²) in [5, 5.41) is 3.83. The molecular weight excluding hydrogens is 276 g/mol. The first-order chi connectivity index (χ1) is 9.60. The van der Waals surface area contributed by atoms with Gasteiger partial charge in [-0.1, -0.05) is 18.5 Å². The average Bonchev–Trinajstić information content (AvgIpc) is 2.88. The lowest BCUT2D eigenvalue weighted by Gasteiger charge is -2.20. The van der Waals surface area contributed by atoms with Gasteiger partial charge in [0.15, 0.2) is 0 Å². The van der Waals surface area contributed by atoms with E-state index in [9.17, 15) is 4.79 Å². The van der Waals surface area contributed by atoms with Crippen molar-refractivity contribution in [1.82, 2.24) is 5.32 Å². The number of halogens is 1. The van der Waals surface area contributed by atoms with Crippen LogP contribution in [-0.2, 0) is 9.53 Å². The van der Waals surface area contributed by atoms with Crippen LogP contribution in [-0.4, -0.2) is 38.8 Å². The number of carbonyl (C=O) groups is 1. The molecule has 110 valence electrons. The van der Waals surface area contributed by atoms with Crippen LogP contribution in [0.15, 0.2) is 24.3 Å². The number of hydrogen-bond acceptors (Lipinski definition) is 3. The van der Waals surface area contributed by atoms with Crippen LogP contribution >= 0.6 is 11.6 Å². The van der Waals surface area contributed by atoms with Gasteiger partial charge < -0.3 is 15.0 Å². The number of nitrogens with zero attached hydrogens (tertiary/aromatic N) is 1. The van der Waals surface area contributed by atoms with Crippen molar-refractivity contribution in [3.05, 3.63) is 29.3 Å². The van der Waals surface area contributed by atoms with Crippen molar-refractivity contribution in [2.45, 2.75) is 19.4 Å². The Morgan fingerprint density at radius 2 is 2.20 bits per heavy atom. The van der Waals surface area contributed by atoms with Crippen LogP contribution in [0.5, 0.6) is 0 Å². The van der Waals surface area contributed by atoms with Crippen LogP contribution in [0.25, 0.3) is 0 Å². The Balaban J connectivity index is 1.86. The standard InChI is InChI=1S/C15H21ClN2O2/c1-11(10-20-2)15(19)17-13-7-8-18(9-13)14-5-3-12(16)4-6-14/h3-6,11,13H,7-10H2,1-2H3,(H,17,19). The molecule has 1 saturated heterocycles. The zero-order valence-electron chi connectivity index (χ0n) is 11.9. The van der Waals surface area contributed by atoms with Crippen LogP contribution in [0, 0.1) is 5.92 Å². The van der Waals surface area contributed by atoms with Crippen LogP contribution < -0.4 is 10.2 Å². The van der Waals surface area contributed by atoms with Crippen molar-refractivity contribution in [1.29, 1.82) is 0 Å². The maximum atomic E-state index is 11.9. The fourth-order valence-corrected chi connectivity index (χ4v) is 2.56. The molecule has 2 unspecified atom stereocenters. The van der Waals surface area contributed by atoms with E-state index in [1.807, 2.05) is 31.2 Å². The Bertz CT molecular complexity index is 450. The summed E-state index contributed by atoms with van der Waals surface area (Å²) in [6.07, 6.45) is 0.966. The van der Waals surface area contributed by atoms with Crippen LogP contribution in [0.3, 0.4) is 0 Å². The summed E-state index contributed by atoms with van der Waals surface area (Å²) in [6, 6.07) is 8.02. The van der Waals surface area contributed by atoms with Gasteiger partial charge in [-0.2, -0.15) is 0 Å². The minimum Gasteiger partial charge on any atom is -0.384 e. The average molecular weight is 297 g/mol. The number of methoxy groups -OCH3 is 1. The predicted octanol–water partition coefficient (Wildman–Crippen LogP) is 2.32. The van der Waals surface area contributed by atoms with Crippen molar-refractivity contribution >= 4 is 23.2 Å². The van der Waals surface area contributed by atoms with E-state index in [2.05, 4.69) is 10.2 Å². The van der Waals surface area contributed by atoms with Crippen molar-refractivity contribution in [3.8, 4) is 0 Å². The van der Waals surface area contributed by atoms with Crippen LogP contribution in [0.4, 0.5) is 5.69 Å². The molecule has 1 heterocycles. The number of hydrogen-bond donors (Lipinski definition) is 1. The highest BCUT2D eigenvalue weighted by atomic mass is 35.5. The Morgan fingerprint density at radius 3 is 2.85 bits per heavy atom. The summed E-state index contributed by atoms with van der Waals surface area (Å²) in [6.45, 7) is 4.13. The number of rotatable bonds is 5. The molecule has 1 fully saturated rings. The molecule has 0 aromatic heterocycles. The summed E-state index contributed by atoms with van der Waals surface area (Å²) in [5.74, 6) is -0.0422. The summed E-state index contributed by atoms with van der Waals surface area (Å²) >= 11 is 5.89. The first-order valence-electron chi connectivity index (χ1n) is 6.90. The molecule has 4 nitrogen and oxygen atoms in total. The maximum absolute atomic E-state index is 11.9. The second-order valence-corrected chi connectivity index (χ2v) is 5.71. The number of ether oxygens (including phenoxy) is 1. The lowest BCUT2D eigenvalue weighted by Crippen LogP contribution is -2.40. The van der Waals surface area contributed by atoms with Gasteiger partial charge in [0.05, 0.1) is 12.5 Å². The van der Waals surface area contributed by atoms with Gasteiger partial charge in [0.25, 0.3) is 0 Å². The second kappa shape index (κ2) is 6.95. The fourth-order valence-electron chi connectivity index (χ4n) is 2.43. The molecule has 1 aliphatic rings. The number of amides is 1. The molecule has 1 amide bonds. The molecule has 0 spiro atoms. The third-order valence-corrected chi connectivity index (χ3v) is 3.84. The number of carbonyl (C=O) groups excluding carboxylic acids is 1. The summed E-state index contributed by atoms with van der Waals surface area (Å²) in [7, 11) is 1.61. The number of benzene rings is 1. The smallest absolute Gasteiger partial charge is 0.225 e. The monoisotopic (exact) mass is 296 g/mol. The molecule has 1 aromatic carbocycles. The van der Waals surface area contributed by atoms with E-state index in [-0.39, 0.29) is 17.9 Å². The summed E-state index contributed by atoms with van der Waals surface area (Å²) in [5.41, 5.74) is 1.15. The third kappa shape index (κ3) is 3.87. The quantitative estimate of drug-likeness (QED) is 0.907. The van der Waals surface area contributed by atoms with E-state index in [4.69, 9.17) is 16.3 Å². The number of anilines is 1. The molecule has 5 heteroatoms. The van der Waals surface area contributed by atoms with E-state index < -0.39 is 0 Å². The van der Waals surface area contributed by atoms with Gasteiger partial charge in [0.2, 0.25) is 5.91 Å². The zero-order chi connectivity index (χ0) is 14.5. The Hall–Kier alpha value is -1.26. The topological polar surface area (TPSA) is 41.6 Å². The summed E-state index contributed by atoms with van der Waals surface area (Å²) in [4.78, 5) is 14.2. The third-order valence-electron chi connectivity index (χ3n) is 3.59. The summed E-state index contributed by atoms with van der Waals surface area (Å²) < 4.78 is 5.01. The van der Waals surface area contributed by atoms with Gasteiger partial charge in [-0.3, -0.25) is 4.79 Å². The molecule has 1 aromatic rings. The molecule has 1 aliphatic heterocycles. The van der Waals surface area contributed by atoms with Gasteiger partial charge >= 0.3 is 0 Å². The van der Waals surface area contributed by atoms with Crippen molar-refractivity contribution in [3.63, 3.8) is 0 Å². The normalized spacial score (nSPS) is 19.9. The molecule has 0 saturated carbocycles. The van der Waals surface area contributed by atoms with Crippen molar-refractivity contribution in [2.75, 3.05) is 31.7 Å². The van der Waals surface area contributed by atoms with Crippen LogP contribution in [0.1, 0.15) is 13.3 Å². The van der Waals surface area contributed by atoms with Gasteiger partial charge in [-0.05, 0) is 30.7 Å². The highest BCUT2D eigenvalue weighted by molar-refractivity contribution is 6.30. The largest absolute Gasteiger partial charge is 0.384 e. The predicted molar refractivity (Wildman–Crippen MR) is 81.3 cm³/mol. The second-order valence-electron chi connectivity index (χ2n) is 5.27. The van der Waals surface area contributed by atoms with E-state index in [0.29, 0.717) is 6.61 Å². The highest BCUT2D eigenvalue weighted by Crippen LogP contribution is 2.22. The van der Waals surface area contributed by atoms with Crippen LogP contribution in [0.2, 0.25) is 5.02 Å². The minimum atomic E-state index is -0.107. The Kier molecular flexibility index (Phi) is 5.26. The Labute approximate surface area is 125 Å². The van der Waals surface area contributed by atoms with Gasteiger partial charge in [-0.15, -0.1) is 0 Å². The first kappa shape index (κ1) is 15.1. The van der Waals surface area contributed by atoms with Gasteiger partial charge in [0.1, 0.15) is 0 Å². The Morgan fingerprint density at radius 1 is 1.50 bits per heavy atom. The van der Waals surface area contributed by atoms with Crippen molar-refractivity contribution in [2.24, 2.45) is 5.92 Å². The maximum Gasteiger partial charge on any atom is 0.225 e. The molecule has 20 heavy (non-hydrogen) atoms. The van der Waals surface area contributed by atoms with E-state index >= 15 is 0 Å². The van der Waals surface area contributed by atoms with E-state index in [0.717, 1.165) is 30.2 Å². The molecule has 2 atom stereocenters. The molecular formula is C15H21ClN2O2. The molecule has 1 N–H and O–H groups in total. The molecule has 0 aliphatic carbocycles. The number of nitrogens with one attached hydrogen (secondary N) is 1. The fraction of sp³-hybridized carbons (Fsp3) is 0.533. The van der Waals surface area contributed by atoms with Gasteiger partial charge in [0, 0.05) is 37.0 Å². The minimum absolute atomic E-state index is 0.0646.